The van der Waals surface area contributed by atoms with Crippen molar-refractivity contribution in [2.24, 2.45) is 0 Å². The van der Waals surface area contributed by atoms with Crippen LogP contribution in [0.4, 0.5) is 34.1 Å². The molecule has 1 spiro atoms. The van der Waals surface area contributed by atoms with E-state index >= 15 is 0 Å². The molecule has 20 aromatic rings. The number of fused-ring (bicyclic) bond motifs is 25. The molecule has 522 valence electrons. The molecule has 5 aliphatic rings. The fraction of sp³-hybridized carbons (Fsp3) is 0.00935. The highest BCUT2D eigenvalue weighted by atomic mass is 32.1. The van der Waals surface area contributed by atoms with Gasteiger partial charge in [0.05, 0.1) is 16.8 Å². The van der Waals surface area contributed by atoms with Crippen LogP contribution in [0.2, 0.25) is 0 Å². The summed E-state index contributed by atoms with van der Waals surface area (Å²) >= 11 is 1.91. The topological polar surface area (TPSA) is 15.7 Å². The Hall–Kier alpha value is -13.9. The second-order valence-electron chi connectivity index (χ2n) is 31.0. The first kappa shape index (κ1) is 63.0. The molecular weight excluding hydrogens is 1400 g/mol. The smallest absolute Gasteiger partial charge is 0.252 e. The summed E-state index contributed by atoms with van der Waals surface area (Å²) in [6.45, 7) is -0.307. The predicted octanol–water partition coefficient (Wildman–Crippen LogP) is 23.6. The number of ether oxygens (including phenoxy) is 1. The van der Waals surface area contributed by atoms with Crippen LogP contribution in [0, 0.1) is 0 Å². The molecule has 0 saturated heterocycles. The van der Waals surface area contributed by atoms with Crippen molar-refractivity contribution in [3.63, 3.8) is 0 Å². The Morgan fingerprint density at radius 3 is 1.29 bits per heavy atom. The van der Waals surface area contributed by atoms with Gasteiger partial charge in [-0.15, -0.1) is 11.3 Å². The molecule has 0 saturated carbocycles. The second kappa shape index (κ2) is 23.8. The summed E-state index contributed by atoms with van der Waals surface area (Å²) in [7, 11) is -3.16. The lowest BCUT2D eigenvalue weighted by molar-refractivity contribution is 0.436. The summed E-state index contributed by atoms with van der Waals surface area (Å²) in [4.78, 5) is 5.55. The molecule has 1 aliphatic carbocycles. The van der Waals surface area contributed by atoms with Crippen LogP contribution in [-0.4, -0.2) is 14.8 Å². The number of anilines is 6. The third kappa shape index (κ3) is 8.52. The van der Waals surface area contributed by atoms with Crippen LogP contribution in [0.15, 0.2) is 394 Å². The maximum Gasteiger partial charge on any atom is 0.252 e. The van der Waals surface area contributed by atoms with Crippen molar-refractivity contribution in [1.29, 1.82) is 0 Å². The second-order valence-corrected chi connectivity index (χ2v) is 35.8. The van der Waals surface area contributed by atoms with Crippen molar-refractivity contribution in [1.82, 2.24) is 0 Å². The lowest BCUT2D eigenvalue weighted by Gasteiger charge is -2.46. The van der Waals surface area contributed by atoms with Gasteiger partial charge in [-0.25, -0.2) is 0 Å². The molecule has 19 aromatic carbocycles. The van der Waals surface area contributed by atoms with E-state index in [2.05, 4.69) is 404 Å². The number of rotatable bonds is 7. The van der Waals surface area contributed by atoms with Crippen molar-refractivity contribution in [3.05, 3.63) is 417 Å². The fourth-order valence-electron chi connectivity index (χ4n) is 21.3. The Labute approximate surface area is 659 Å². The largest absolute Gasteiger partial charge is 0.457 e. The molecule has 0 N–H and O–H groups in total. The number of nitrogens with zero attached hydrogens (tertiary/aromatic N) is 2. The van der Waals surface area contributed by atoms with Gasteiger partial charge in [0, 0.05) is 75.9 Å². The van der Waals surface area contributed by atoms with E-state index < -0.39 is 13.5 Å². The molecule has 0 amide bonds. The first-order chi connectivity index (χ1) is 56.1. The van der Waals surface area contributed by atoms with E-state index in [0.29, 0.717) is 0 Å². The van der Waals surface area contributed by atoms with E-state index in [1.807, 2.05) is 11.3 Å². The SMILES string of the molecule is c1ccc(-c2c(N3c4cc5c(cc4B4c6cc7sc8ccccc8c7cc6N(c6c(-c7ccccc7)c7ccccc7c7ccccc67)c6cc(-c7ccc8c(c7)Oc7ccccc7C87c8ccccc8-c8ccccc87)cc3c64)[Si](c3ccccc3)(c3ccccc3)c3ccccc3-5)c3ccccc3c3ccccc23)cc1. The van der Waals surface area contributed by atoms with Crippen molar-refractivity contribution in [3.8, 4) is 67.1 Å². The summed E-state index contributed by atoms with van der Waals surface area (Å²) in [5.41, 5.74) is 26.6. The van der Waals surface area contributed by atoms with Crippen LogP contribution in [0.25, 0.3) is 119 Å². The molecule has 0 atom stereocenters. The van der Waals surface area contributed by atoms with Gasteiger partial charge in [-0.3, -0.25) is 0 Å². The summed E-state index contributed by atoms with van der Waals surface area (Å²) < 4.78 is 10.1. The molecule has 0 fully saturated rings. The Balaban J connectivity index is 0.884. The monoisotopic (exact) mass is 1460 g/mol. The molecule has 113 heavy (non-hydrogen) atoms. The van der Waals surface area contributed by atoms with E-state index in [-0.39, 0.29) is 6.71 Å². The Morgan fingerprint density at radius 1 is 0.265 bits per heavy atom. The highest BCUT2D eigenvalue weighted by molar-refractivity contribution is 7.26. The molecule has 4 aliphatic heterocycles. The predicted molar refractivity (Wildman–Crippen MR) is 480 cm³/mol. The van der Waals surface area contributed by atoms with Gasteiger partial charge in [0.25, 0.3) is 6.71 Å². The molecule has 6 heteroatoms. The first-order valence-electron chi connectivity index (χ1n) is 39.3. The summed E-state index contributed by atoms with van der Waals surface area (Å²) in [6, 6.07) is 151. The highest BCUT2D eigenvalue weighted by Crippen LogP contribution is 2.63. The lowest BCUT2D eigenvalue weighted by atomic mass is 9.33. The molecular formula is C107H65BN2OSSi. The maximum absolute atomic E-state index is 7.54. The average molecular weight is 1470 g/mol. The van der Waals surface area contributed by atoms with E-state index in [4.69, 9.17) is 4.74 Å². The van der Waals surface area contributed by atoms with Gasteiger partial charge < -0.3 is 14.5 Å². The minimum absolute atomic E-state index is 0.307. The third-order valence-electron chi connectivity index (χ3n) is 25.7. The summed E-state index contributed by atoms with van der Waals surface area (Å²) in [5, 5.41) is 17.6. The van der Waals surface area contributed by atoms with Gasteiger partial charge in [-0.1, -0.05) is 346 Å². The van der Waals surface area contributed by atoms with Crippen molar-refractivity contribution < 1.29 is 4.74 Å². The first-order valence-corrected chi connectivity index (χ1v) is 42.1. The van der Waals surface area contributed by atoms with Crippen LogP contribution in [-0.2, 0) is 5.41 Å². The van der Waals surface area contributed by atoms with Crippen LogP contribution in [0.5, 0.6) is 11.5 Å². The van der Waals surface area contributed by atoms with Crippen LogP contribution in [0.3, 0.4) is 0 Å². The molecule has 3 nitrogen and oxygen atoms in total. The van der Waals surface area contributed by atoms with Crippen molar-refractivity contribution in [2.45, 2.75) is 5.41 Å². The van der Waals surface area contributed by atoms with Crippen molar-refractivity contribution in [2.75, 3.05) is 9.80 Å². The zero-order valence-electron chi connectivity index (χ0n) is 61.3. The number of benzene rings is 19. The number of thiophene rings is 1. The van der Waals surface area contributed by atoms with Gasteiger partial charge in [0.15, 0.2) is 8.07 Å². The third-order valence-corrected chi connectivity index (χ3v) is 31.7. The number of para-hydroxylation sites is 1. The molecule has 25 rings (SSSR count). The quantitative estimate of drug-likeness (QED) is 0.117. The van der Waals surface area contributed by atoms with Gasteiger partial charge in [-0.05, 0) is 174 Å². The molecule has 0 radical (unpaired) electrons. The zero-order valence-corrected chi connectivity index (χ0v) is 63.1. The summed E-state index contributed by atoms with van der Waals surface area (Å²) in [5.74, 6) is 1.70. The Bertz CT molecular complexity index is 7420. The van der Waals surface area contributed by atoms with Gasteiger partial charge >= 0.3 is 0 Å². The van der Waals surface area contributed by atoms with E-state index in [1.165, 1.54) is 145 Å². The van der Waals surface area contributed by atoms with Crippen LogP contribution < -0.4 is 51.7 Å². The number of hydrogen-bond donors (Lipinski definition) is 0. The van der Waals surface area contributed by atoms with Gasteiger partial charge in [-0.2, -0.15) is 0 Å². The molecule has 1 aromatic heterocycles. The lowest BCUT2D eigenvalue weighted by Crippen LogP contribution is -2.73. The maximum atomic E-state index is 7.54. The average Bonchev–Trinajstić information content (AvgIpc) is 1.66. The number of hydrogen-bond acceptors (Lipinski definition) is 4. The van der Waals surface area contributed by atoms with Gasteiger partial charge in [0.1, 0.15) is 11.5 Å². The summed E-state index contributed by atoms with van der Waals surface area (Å²) in [6.07, 6.45) is 0. The Morgan fingerprint density at radius 2 is 0.708 bits per heavy atom. The standard InChI is InChI=1S/C107H65BN2OSSi/c1-5-31-66(32-6-1)102-80-47-17-13-39-72(80)74-41-15-19-49-82(74)105(102)109-92-62-84-78-45-23-29-55-98(78)112-99(84)64-90(92)108-91-65-101-85(79-46-24-30-56-100(79)113(101,70-35-9-3-10-36-70)71-37-11-4-12-38-71)63-93(91)110(106-83-50-20-16-42-75(83)73-40-14-18-48-81(73)103(106)67-33-7-2-8-34-67)95-60-69(59-94(109)104(95)108)68-57-58-89-97(61-68)111-96-54-28-27-53-88(96)107(89)86-51-25-21-43-76(86)77-44-22-26-52-87(77)107/h1-65H. The highest BCUT2D eigenvalue weighted by Gasteiger charge is 2.54. The minimum atomic E-state index is -3.16. The fourth-order valence-corrected chi connectivity index (χ4v) is 27.7. The minimum Gasteiger partial charge on any atom is -0.457 e. The molecule has 5 heterocycles. The van der Waals surface area contributed by atoms with Crippen molar-refractivity contribution >= 4 is 161 Å². The van der Waals surface area contributed by atoms with Crippen LogP contribution in [0.1, 0.15) is 22.3 Å². The van der Waals surface area contributed by atoms with Gasteiger partial charge in [0.2, 0.25) is 0 Å². The van der Waals surface area contributed by atoms with E-state index in [9.17, 15) is 0 Å². The molecule has 0 unspecified atom stereocenters. The van der Waals surface area contributed by atoms with E-state index in [0.717, 1.165) is 79.0 Å². The zero-order chi connectivity index (χ0) is 73.8. The van der Waals surface area contributed by atoms with Crippen LogP contribution >= 0.6 is 11.3 Å². The van der Waals surface area contributed by atoms with E-state index in [1.54, 1.807) is 0 Å². The Kier molecular flexibility index (Phi) is 13.3. The normalized spacial score (nSPS) is 14.0. The molecule has 0 bridgehead atoms.